The normalized spacial score (nSPS) is 11.5. The molecule has 0 amide bonds. The monoisotopic (exact) mass is 436 g/mol. The number of aromatic nitrogens is 1. The Morgan fingerprint density at radius 3 is 2.36 bits per heavy atom. The molecule has 0 radical (unpaired) electrons. The summed E-state index contributed by atoms with van der Waals surface area (Å²) in [6.07, 6.45) is 0. The standard InChI is InChI=1S/C29H25FN2O/c1-20-9-14-28-24(15-20)16-25(29(33)31-28)19-32(17-21-10-12-26(30)13-11-21)18-23-7-4-6-22-5-2-3-8-27(22)23/h2-16H,17-19H2,1H3,(H,31,33). The summed E-state index contributed by atoms with van der Waals surface area (Å²) >= 11 is 0. The summed E-state index contributed by atoms with van der Waals surface area (Å²) in [5.41, 5.74) is 4.84. The van der Waals surface area contributed by atoms with Gasteiger partial charge in [-0.25, -0.2) is 4.39 Å². The van der Waals surface area contributed by atoms with Crippen LogP contribution in [-0.4, -0.2) is 9.88 Å². The molecular formula is C29H25FN2O. The highest BCUT2D eigenvalue weighted by Gasteiger charge is 2.13. The number of pyridine rings is 1. The van der Waals surface area contributed by atoms with Gasteiger partial charge in [-0.3, -0.25) is 9.69 Å². The van der Waals surface area contributed by atoms with Crippen molar-refractivity contribution in [1.29, 1.82) is 0 Å². The molecule has 0 bridgehead atoms. The zero-order chi connectivity index (χ0) is 22.8. The van der Waals surface area contributed by atoms with Crippen LogP contribution in [-0.2, 0) is 19.6 Å². The summed E-state index contributed by atoms with van der Waals surface area (Å²) in [6.45, 7) is 3.81. The topological polar surface area (TPSA) is 36.1 Å². The number of halogens is 1. The Hall–Kier alpha value is -3.76. The fraction of sp³-hybridized carbons (Fsp3) is 0.138. The van der Waals surface area contributed by atoms with Gasteiger partial charge in [-0.15, -0.1) is 0 Å². The highest BCUT2D eigenvalue weighted by atomic mass is 19.1. The first-order valence-electron chi connectivity index (χ1n) is 11.1. The molecule has 0 spiro atoms. The summed E-state index contributed by atoms with van der Waals surface area (Å²) in [5, 5.41) is 3.42. The van der Waals surface area contributed by atoms with Crippen LogP contribution in [0.3, 0.4) is 0 Å². The first-order valence-corrected chi connectivity index (χ1v) is 11.1. The molecule has 0 unspecified atom stereocenters. The third-order valence-electron chi connectivity index (χ3n) is 6.06. The van der Waals surface area contributed by atoms with Crippen molar-refractivity contribution in [3.63, 3.8) is 0 Å². The van der Waals surface area contributed by atoms with Crippen LogP contribution in [0, 0.1) is 12.7 Å². The maximum absolute atomic E-state index is 13.5. The molecule has 5 aromatic rings. The highest BCUT2D eigenvalue weighted by molar-refractivity contribution is 5.85. The van der Waals surface area contributed by atoms with Crippen molar-refractivity contribution in [1.82, 2.24) is 9.88 Å². The Bertz CT molecular complexity index is 1480. The lowest BCUT2D eigenvalue weighted by atomic mass is 10.0. The van der Waals surface area contributed by atoms with Crippen LogP contribution in [0.4, 0.5) is 4.39 Å². The first kappa shape index (κ1) is 21.1. The van der Waals surface area contributed by atoms with E-state index in [1.165, 1.54) is 28.5 Å². The van der Waals surface area contributed by atoms with Crippen molar-refractivity contribution in [2.75, 3.05) is 0 Å². The number of nitrogens with zero attached hydrogens (tertiary/aromatic N) is 1. The van der Waals surface area contributed by atoms with Crippen LogP contribution < -0.4 is 5.56 Å². The Kier molecular flexibility index (Phi) is 5.76. The molecule has 164 valence electrons. The molecule has 0 aliphatic rings. The minimum absolute atomic E-state index is 0.0756. The molecule has 0 aliphatic carbocycles. The van der Waals surface area contributed by atoms with Crippen LogP contribution >= 0.6 is 0 Å². The SMILES string of the molecule is Cc1ccc2[nH]c(=O)c(CN(Cc3ccc(F)cc3)Cc3cccc4ccccc34)cc2c1. The van der Waals surface area contributed by atoms with E-state index in [1.807, 2.05) is 37.3 Å². The van der Waals surface area contributed by atoms with E-state index in [0.717, 1.165) is 27.6 Å². The highest BCUT2D eigenvalue weighted by Crippen LogP contribution is 2.22. The third-order valence-corrected chi connectivity index (χ3v) is 6.06. The molecule has 4 aromatic carbocycles. The molecule has 0 aliphatic heterocycles. The van der Waals surface area contributed by atoms with Gasteiger partial charge < -0.3 is 4.98 Å². The molecule has 4 heteroatoms. The van der Waals surface area contributed by atoms with Crippen LogP contribution in [0.5, 0.6) is 0 Å². The molecule has 1 aromatic heterocycles. The molecule has 33 heavy (non-hydrogen) atoms. The Morgan fingerprint density at radius 1 is 0.758 bits per heavy atom. The van der Waals surface area contributed by atoms with Crippen LogP contribution in [0.2, 0.25) is 0 Å². The molecule has 1 N–H and O–H groups in total. The van der Waals surface area contributed by atoms with Crippen molar-refractivity contribution in [2.45, 2.75) is 26.6 Å². The van der Waals surface area contributed by atoms with E-state index in [4.69, 9.17) is 0 Å². The van der Waals surface area contributed by atoms with E-state index in [2.05, 4.69) is 46.3 Å². The molecule has 0 atom stereocenters. The lowest BCUT2D eigenvalue weighted by molar-refractivity contribution is 0.247. The van der Waals surface area contributed by atoms with Gasteiger partial charge in [-0.1, -0.05) is 66.2 Å². The molecular weight excluding hydrogens is 411 g/mol. The number of aryl methyl sites for hydroxylation is 1. The second-order valence-corrected chi connectivity index (χ2v) is 8.62. The number of H-pyrrole nitrogens is 1. The second-order valence-electron chi connectivity index (χ2n) is 8.62. The van der Waals surface area contributed by atoms with Gasteiger partial charge in [0.25, 0.3) is 5.56 Å². The minimum atomic E-state index is -0.249. The molecule has 0 saturated carbocycles. The molecule has 0 fully saturated rings. The van der Waals surface area contributed by atoms with Crippen LogP contribution in [0.15, 0.2) is 95.8 Å². The average Bonchev–Trinajstić information content (AvgIpc) is 2.81. The first-order chi connectivity index (χ1) is 16.0. The quantitative estimate of drug-likeness (QED) is 0.338. The summed E-state index contributed by atoms with van der Waals surface area (Å²) in [6, 6.07) is 29.2. The number of nitrogens with one attached hydrogen (secondary N) is 1. The van der Waals surface area contributed by atoms with Gasteiger partial charge >= 0.3 is 0 Å². The number of fused-ring (bicyclic) bond motifs is 2. The number of benzene rings is 4. The van der Waals surface area contributed by atoms with Gasteiger partial charge in [-0.2, -0.15) is 0 Å². The Morgan fingerprint density at radius 2 is 1.52 bits per heavy atom. The van der Waals surface area contributed by atoms with Crippen molar-refractivity contribution in [2.24, 2.45) is 0 Å². The molecule has 1 heterocycles. The van der Waals surface area contributed by atoms with Crippen LogP contribution in [0.1, 0.15) is 22.3 Å². The lowest BCUT2D eigenvalue weighted by Crippen LogP contribution is -2.26. The van der Waals surface area contributed by atoms with Gasteiger partial charge in [0, 0.05) is 30.7 Å². The predicted octanol–water partition coefficient (Wildman–Crippen LogP) is 6.33. The predicted molar refractivity (Wildman–Crippen MR) is 133 cm³/mol. The van der Waals surface area contributed by atoms with E-state index in [0.29, 0.717) is 19.6 Å². The number of hydrogen-bond acceptors (Lipinski definition) is 2. The van der Waals surface area contributed by atoms with E-state index in [1.54, 1.807) is 12.1 Å². The number of aromatic amines is 1. The average molecular weight is 437 g/mol. The summed E-state index contributed by atoms with van der Waals surface area (Å²) in [5.74, 6) is -0.249. The van der Waals surface area contributed by atoms with Crippen LogP contribution in [0.25, 0.3) is 21.7 Å². The zero-order valence-electron chi connectivity index (χ0n) is 18.5. The van der Waals surface area contributed by atoms with Crippen molar-refractivity contribution >= 4 is 21.7 Å². The lowest BCUT2D eigenvalue weighted by Gasteiger charge is -2.23. The largest absolute Gasteiger partial charge is 0.322 e. The summed E-state index contributed by atoms with van der Waals surface area (Å²) in [7, 11) is 0. The van der Waals surface area contributed by atoms with E-state index in [-0.39, 0.29) is 11.4 Å². The molecule has 3 nitrogen and oxygen atoms in total. The van der Waals surface area contributed by atoms with Gasteiger partial charge in [0.2, 0.25) is 0 Å². The Labute approximate surface area is 192 Å². The van der Waals surface area contributed by atoms with Gasteiger partial charge in [0.05, 0.1) is 0 Å². The summed E-state index contributed by atoms with van der Waals surface area (Å²) in [4.78, 5) is 18.1. The van der Waals surface area contributed by atoms with Gasteiger partial charge in [-0.05, 0) is 64.5 Å². The van der Waals surface area contributed by atoms with Crippen molar-refractivity contribution < 1.29 is 4.39 Å². The maximum Gasteiger partial charge on any atom is 0.252 e. The zero-order valence-corrected chi connectivity index (χ0v) is 18.5. The smallest absolute Gasteiger partial charge is 0.252 e. The fourth-order valence-electron chi connectivity index (χ4n) is 4.42. The third kappa shape index (κ3) is 4.71. The van der Waals surface area contributed by atoms with E-state index >= 15 is 0 Å². The van der Waals surface area contributed by atoms with E-state index in [9.17, 15) is 9.18 Å². The molecule has 5 rings (SSSR count). The molecule has 0 saturated heterocycles. The summed E-state index contributed by atoms with van der Waals surface area (Å²) < 4.78 is 13.5. The van der Waals surface area contributed by atoms with E-state index < -0.39 is 0 Å². The van der Waals surface area contributed by atoms with Crippen molar-refractivity contribution in [3.8, 4) is 0 Å². The number of hydrogen-bond donors (Lipinski definition) is 1. The minimum Gasteiger partial charge on any atom is -0.322 e. The van der Waals surface area contributed by atoms with Gasteiger partial charge in [0.1, 0.15) is 5.82 Å². The number of rotatable bonds is 6. The fourth-order valence-corrected chi connectivity index (χ4v) is 4.42. The Balaban J connectivity index is 1.52. The maximum atomic E-state index is 13.5. The van der Waals surface area contributed by atoms with Gasteiger partial charge in [0.15, 0.2) is 0 Å². The second kappa shape index (κ2) is 9.00. The van der Waals surface area contributed by atoms with Crippen molar-refractivity contribution in [3.05, 3.63) is 129 Å².